The average Bonchev–Trinajstić information content (AvgIpc) is 2.37. The Labute approximate surface area is 96.6 Å². The van der Waals surface area contributed by atoms with E-state index in [-0.39, 0.29) is 22.7 Å². The molecule has 6 heteroatoms. The van der Waals surface area contributed by atoms with Gasteiger partial charge in [0, 0.05) is 0 Å². The molecule has 1 unspecified atom stereocenters. The first-order valence-corrected chi connectivity index (χ1v) is 4.98. The van der Waals surface area contributed by atoms with Crippen LogP contribution in [0.2, 0.25) is 0 Å². The lowest BCUT2D eigenvalue weighted by Crippen LogP contribution is -2.38. The number of aromatic carboxylic acids is 1. The van der Waals surface area contributed by atoms with Crippen LogP contribution >= 0.6 is 0 Å². The van der Waals surface area contributed by atoms with Crippen molar-refractivity contribution in [3.63, 3.8) is 0 Å². The molecule has 0 aromatic heterocycles. The molecule has 0 spiro atoms. The van der Waals surface area contributed by atoms with Crippen molar-refractivity contribution >= 4 is 23.5 Å². The number of anilines is 1. The fourth-order valence-electron chi connectivity index (χ4n) is 1.56. The number of carboxylic acids is 1. The molecule has 0 saturated heterocycles. The van der Waals surface area contributed by atoms with Crippen molar-refractivity contribution in [2.45, 2.75) is 13.0 Å². The lowest BCUT2D eigenvalue weighted by atomic mass is 10.1. The van der Waals surface area contributed by atoms with Gasteiger partial charge in [-0.3, -0.25) is 9.59 Å². The number of rotatable bonds is 1. The van der Waals surface area contributed by atoms with Crippen LogP contribution in [0.1, 0.15) is 27.6 Å². The van der Waals surface area contributed by atoms with Crippen molar-refractivity contribution in [3.8, 4) is 0 Å². The summed E-state index contributed by atoms with van der Waals surface area (Å²) in [6.45, 7) is 1.55. The third kappa shape index (κ3) is 1.96. The van der Waals surface area contributed by atoms with Crippen LogP contribution in [0, 0.1) is 0 Å². The number of hydrogen-bond donors (Lipinski definition) is 3. The zero-order valence-electron chi connectivity index (χ0n) is 8.98. The monoisotopic (exact) mass is 234 g/mol. The van der Waals surface area contributed by atoms with E-state index in [0.717, 1.165) is 0 Å². The van der Waals surface area contributed by atoms with E-state index < -0.39 is 17.9 Å². The third-order valence-electron chi connectivity index (χ3n) is 2.51. The first-order chi connectivity index (χ1) is 7.99. The highest BCUT2D eigenvalue weighted by atomic mass is 16.4. The number of carbonyl (C=O) groups is 3. The number of amides is 2. The Bertz CT molecular complexity index is 524. The van der Waals surface area contributed by atoms with Gasteiger partial charge in [0.05, 0.1) is 16.8 Å². The summed E-state index contributed by atoms with van der Waals surface area (Å²) >= 11 is 0. The maximum atomic E-state index is 11.7. The maximum Gasteiger partial charge on any atom is 0.335 e. The Morgan fingerprint density at radius 3 is 2.71 bits per heavy atom. The summed E-state index contributed by atoms with van der Waals surface area (Å²) in [5, 5.41) is 13.8. The number of hydrogen-bond acceptors (Lipinski definition) is 3. The van der Waals surface area contributed by atoms with Crippen molar-refractivity contribution < 1.29 is 19.5 Å². The van der Waals surface area contributed by atoms with Gasteiger partial charge in [-0.05, 0) is 25.1 Å². The second-order valence-electron chi connectivity index (χ2n) is 3.75. The summed E-state index contributed by atoms with van der Waals surface area (Å²) in [7, 11) is 0. The fraction of sp³-hybridized carbons (Fsp3) is 0.182. The predicted octanol–water partition coefficient (Wildman–Crippen LogP) is 0.455. The minimum absolute atomic E-state index is 0.0198. The molecule has 1 heterocycles. The zero-order valence-corrected chi connectivity index (χ0v) is 8.98. The summed E-state index contributed by atoms with van der Waals surface area (Å²) in [5.41, 5.74) is 0.496. The summed E-state index contributed by atoms with van der Waals surface area (Å²) < 4.78 is 0. The van der Waals surface area contributed by atoms with E-state index in [1.165, 1.54) is 18.2 Å². The van der Waals surface area contributed by atoms with Crippen LogP contribution in [-0.4, -0.2) is 28.9 Å². The van der Waals surface area contributed by atoms with Gasteiger partial charge in [0.2, 0.25) is 5.91 Å². The van der Waals surface area contributed by atoms with E-state index in [2.05, 4.69) is 10.6 Å². The molecule has 1 aromatic carbocycles. The van der Waals surface area contributed by atoms with Gasteiger partial charge in [0.1, 0.15) is 6.04 Å². The number of fused-ring (bicyclic) bond motifs is 1. The fourth-order valence-corrected chi connectivity index (χ4v) is 1.56. The first kappa shape index (κ1) is 11.1. The van der Waals surface area contributed by atoms with Crippen molar-refractivity contribution in [2.75, 3.05) is 5.32 Å². The molecular weight excluding hydrogens is 224 g/mol. The van der Waals surface area contributed by atoms with Gasteiger partial charge >= 0.3 is 5.97 Å². The van der Waals surface area contributed by atoms with E-state index in [9.17, 15) is 14.4 Å². The number of carbonyl (C=O) groups excluding carboxylic acids is 2. The maximum absolute atomic E-state index is 11.7. The van der Waals surface area contributed by atoms with Crippen molar-refractivity contribution in [1.29, 1.82) is 0 Å². The highest BCUT2D eigenvalue weighted by Gasteiger charge is 2.25. The molecule has 6 nitrogen and oxygen atoms in total. The topological polar surface area (TPSA) is 95.5 Å². The van der Waals surface area contributed by atoms with E-state index >= 15 is 0 Å². The third-order valence-corrected chi connectivity index (χ3v) is 2.51. The minimum atomic E-state index is -1.11. The van der Waals surface area contributed by atoms with Crippen LogP contribution in [0.3, 0.4) is 0 Å². The highest BCUT2D eigenvalue weighted by molar-refractivity contribution is 6.10. The Hall–Kier alpha value is -2.37. The first-order valence-electron chi connectivity index (χ1n) is 4.98. The minimum Gasteiger partial charge on any atom is -0.478 e. The van der Waals surface area contributed by atoms with Gasteiger partial charge < -0.3 is 15.7 Å². The molecule has 2 rings (SSSR count). The molecule has 1 aromatic rings. The molecule has 0 bridgehead atoms. The Kier molecular flexibility index (Phi) is 2.55. The van der Waals surface area contributed by atoms with E-state index in [1.807, 2.05) is 0 Å². The van der Waals surface area contributed by atoms with Gasteiger partial charge in [0.15, 0.2) is 0 Å². The molecule has 1 aliphatic rings. The van der Waals surface area contributed by atoms with E-state index in [1.54, 1.807) is 6.92 Å². The van der Waals surface area contributed by atoms with E-state index in [4.69, 9.17) is 5.11 Å². The second kappa shape index (κ2) is 3.89. The largest absolute Gasteiger partial charge is 0.478 e. The van der Waals surface area contributed by atoms with Crippen LogP contribution in [0.5, 0.6) is 0 Å². The summed E-state index contributed by atoms with van der Waals surface area (Å²) in [4.78, 5) is 34.0. The Morgan fingerprint density at radius 1 is 1.35 bits per heavy atom. The Balaban J connectivity index is 2.51. The quantitative estimate of drug-likeness (QED) is 0.657. The molecule has 1 atom stereocenters. The SMILES string of the molecule is CC1NC(=O)c2ccc(C(=O)O)cc2NC1=O. The summed E-state index contributed by atoms with van der Waals surface area (Å²) in [6, 6.07) is 3.32. The molecular formula is C11H10N2O4. The van der Waals surface area contributed by atoms with Crippen LogP contribution in [0.15, 0.2) is 18.2 Å². The number of benzene rings is 1. The molecule has 0 radical (unpaired) electrons. The molecule has 1 aliphatic heterocycles. The second-order valence-corrected chi connectivity index (χ2v) is 3.75. The predicted molar refractivity (Wildman–Crippen MR) is 59.0 cm³/mol. The van der Waals surface area contributed by atoms with Crippen molar-refractivity contribution in [1.82, 2.24) is 5.32 Å². The van der Waals surface area contributed by atoms with Crippen LogP contribution in [0.4, 0.5) is 5.69 Å². The normalized spacial score (nSPS) is 18.8. The van der Waals surface area contributed by atoms with Crippen LogP contribution in [0.25, 0.3) is 0 Å². The number of nitrogens with one attached hydrogen (secondary N) is 2. The molecule has 0 saturated carbocycles. The molecule has 3 N–H and O–H groups in total. The lowest BCUT2D eigenvalue weighted by molar-refractivity contribution is -0.117. The van der Waals surface area contributed by atoms with Gasteiger partial charge in [-0.1, -0.05) is 0 Å². The van der Waals surface area contributed by atoms with Crippen LogP contribution in [-0.2, 0) is 4.79 Å². The van der Waals surface area contributed by atoms with Gasteiger partial charge in [-0.25, -0.2) is 4.79 Å². The molecule has 0 fully saturated rings. The smallest absolute Gasteiger partial charge is 0.335 e. The van der Waals surface area contributed by atoms with Crippen LogP contribution < -0.4 is 10.6 Å². The summed E-state index contributed by atoms with van der Waals surface area (Å²) in [6.07, 6.45) is 0. The zero-order chi connectivity index (χ0) is 12.6. The van der Waals surface area contributed by atoms with Crippen molar-refractivity contribution in [3.05, 3.63) is 29.3 Å². The van der Waals surface area contributed by atoms with Gasteiger partial charge in [-0.15, -0.1) is 0 Å². The standard InChI is InChI=1S/C11H10N2O4/c1-5-9(14)13-8-4-6(11(16)17)2-3-7(8)10(15)12-5/h2-5H,1H3,(H,12,15)(H,13,14)(H,16,17). The average molecular weight is 234 g/mol. The van der Waals surface area contributed by atoms with Crippen molar-refractivity contribution in [2.24, 2.45) is 0 Å². The molecule has 0 aliphatic carbocycles. The summed E-state index contributed by atoms with van der Waals surface area (Å²) in [5.74, 6) is -1.89. The molecule has 88 valence electrons. The Morgan fingerprint density at radius 2 is 2.06 bits per heavy atom. The lowest BCUT2D eigenvalue weighted by Gasteiger charge is -2.06. The number of carboxylic acid groups (broad SMARTS) is 1. The van der Waals surface area contributed by atoms with Gasteiger partial charge in [0.25, 0.3) is 5.91 Å². The highest BCUT2D eigenvalue weighted by Crippen LogP contribution is 2.20. The molecule has 17 heavy (non-hydrogen) atoms. The molecule has 2 amide bonds. The van der Waals surface area contributed by atoms with E-state index in [0.29, 0.717) is 0 Å². The van der Waals surface area contributed by atoms with Gasteiger partial charge in [-0.2, -0.15) is 0 Å².